The fraction of sp³-hybridized carbons (Fsp3) is 0.500. The normalized spacial score (nSPS) is 22.4. The second kappa shape index (κ2) is 11.8. The van der Waals surface area contributed by atoms with Crippen molar-refractivity contribution in [2.45, 2.75) is 50.5 Å². The molecule has 2 fully saturated rings. The van der Waals surface area contributed by atoms with Gasteiger partial charge in [0.1, 0.15) is 11.8 Å². The van der Waals surface area contributed by atoms with Gasteiger partial charge in [0.25, 0.3) is 0 Å². The monoisotopic (exact) mass is 493 g/mol. The lowest BCUT2D eigenvalue weighted by molar-refractivity contribution is -0.126. The third kappa shape index (κ3) is 6.17. The van der Waals surface area contributed by atoms with E-state index in [4.69, 9.17) is 4.74 Å². The summed E-state index contributed by atoms with van der Waals surface area (Å²) < 4.78 is 5.18. The van der Waals surface area contributed by atoms with Crippen molar-refractivity contribution in [1.29, 1.82) is 0 Å². The molecular weight excluding hydrogens is 454 g/mol. The van der Waals surface area contributed by atoms with Gasteiger partial charge in [0, 0.05) is 64.5 Å². The predicted molar refractivity (Wildman–Crippen MR) is 142 cm³/mol. The van der Waals surface area contributed by atoms with Gasteiger partial charge < -0.3 is 20.3 Å². The Morgan fingerprint density at radius 1 is 1.11 bits per heavy atom. The Kier molecular flexibility index (Phi) is 8.48. The van der Waals surface area contributed by atoms with Crippen LogP contribution >= 0.6 is 0 Å². The minimum Gasteiger partial charge on any atom is -0.497 e. The minimum atomic E-state index is -0.169. The summed E-state index contributed by atoms with van der Waals surface area (Å²) in [7, 11) is 7.81. The Morgan fingerprint density at radius 3 is 2.47 bits per heavy atom. The molecule has 0 spiro atoms. The number of nitrogens with one attached hydrogen (secondary N) is 2. The number of anilines is 1. The second-order valence-corrected chi connectivity index (χ2v) is 10.1. The van der Waals surface area contributed by atoms with Crippen molar-refractivity contribution in [3.63, 3.8) is 0 Å². The summed E-state index contributed by atoms with van der Waals surface area (Å²) in [6.07, 6.45) is 2.09. The van der Waals surface area contributed by atoms with Crippen LogP contribution in [0.15, 0.2) is 48.5 Å². The number of ether oxygens (including phenoxy) is 1. The summed E-state index contributed by atoms with van der Waals surface area (Å²) >= 11 is 0. The third-order valence-electron chi connectivity index (χ3n) is 7.54. The average molecular weight is 494 g/mol. The number of methoxy groups -OCH3 is 1. The third-order valence-corrected chi connectivity index (χ3v) is 7.54. The molecule has 2 aromatic carbocycles. The number of amides is 2. The molecule has 0 saturated carbocycles. The quantitative estimate of drug-likeness (QED) is 0.558. The van der Waals surface area contributed by atoms with Crippen LogP contribution in [0.2, 0.25) is 0 Å². The molecule has 4 rings (SSSR count). The first kappa shape index (κ1) is 26.0. The van der Waals surface area contributed by atoms with Gasteiger partial charge in [-0.3, -0.25) is 19.4 Å². The van der Waals surface area contributed by atoms with Crippen molar-refractivity contribution in [1.82, 2.24) is 20.4 Å². The summed E-state index contributed by atoms with van der Waals surface area (Å²) in [5, 5.41) is 6.17. The molecule has 194 valence electrons. The molecule has 2 amide bonds. The minimum absolute atomic E-state index is 0.0283. The van der Waals surface area contributed by atoms with Crippen LogP contribution in [0.1, 0.15) is 30.4 Å². The van der Waals surface area contributed by atoms with Crippen LogP contribution in [0.25, 0.3) is 0 Å². The van der Waals surface area contributed by atoms with E-state index in [1.807, 2.05) is 38.4 Å². The molecule has 0 bridgehead atoms. The number of carbonyl (C=O) groups excluding carboxylic acids is 2. The molecule has 2 aliphatic heterocycles. The first-order valence-electron chi connectivity index (χ1n) is 12.8. The number of likely N-dealkylation sites (N-methyl/N-ethyl adjacent to an activating group) is 1. The van der Waals surface area contributed by atoms with Crippen LogP contribution in [0.3, 0.4) is 0 Å². The summed E-state index contributed by atoms with van der Waals surface area (Å²) in [5.74, 6) is 0.927. The molecule has 2 aromatic rings. The van der Waals surface area contributed by atoms with Crippen LogP contribution in [0.4, 0.5) is 5.69 Å². The summed E-state index contributed by atoms with van der Waals surface area (Å²) in [5.41, 5.74) is 3.42. The molecule has 2 heterocycles. The second-order valence-electron chi connectivity index (χ2n) is 10.1. The number of nitrogens with zero attached hydrogens (tertiary/aromatic N) is 3. The topological polar surface area (TPSA) is 77.1 Å². The Labute approximate surface area is 214 Å². The lowest BCUT2D eigenvalue weighted by Crippen LogP contribution is -2.49. The number of fused-ring (bicyclic) bond motifs is 1. The maximum Gasteiger partial charge on any atom is 0.239 e. The van der Waals surface area contributed by atoms with Crippen LogP contribution in [-0.4, -0.2) is 81.1 Å². The number of hydrogen-bond acceptors (Lipinski definition) is 6. The van der Waals surface area contributed by atoms with Crippen molar-refractivity contribution in [2.75, 3.05) is 46.2 Å². The number of benzene rings is 2. The molecule has 2 aliphatic rings. The van der Waals surface area contributed by atoms with Crippen LogP contribution in [0, 0.1) is 0 Å². The fourth-order valence-corrected chi connectivity index (χ4v) is 5.29. The van der Waals surface area contributed by atoms with Crippen molar-refractivity contribution >= 4 is 17.5 Å². The molecule has 2 N–H and O–H groups in total. The Hall–Kier alpha value is -3.10. The van der Waals surface area contributed by atoms with Gasteiger partial charge in [-0.2, -0.15) is 0 Å². The Morgan fingerprint density at radius 2 is 1.81 bits per heavy atom. The Bertz CT molecular complexity index is 1020. The maximum atomic E-state index is 13.1. The number of hydrogen-bond donors (Lipinski definition) is 2. The number of rotatable bonds is 9. The molecule has 36 heavy (non-hydrogen) atoms. The standard InChI is InChI=1S/C28H39N5O3/c1-31(2)22-9-5-21(6-10-22)19-33-16-15-25-27(33)28(35)30-18-23(32(25)3)11-14-26(34)29-17-20-7-12-24(36-4)13-8-20/h5-10,12-13,23,25,27H,11,14-19H2,1-4H3,(H,29,34)(H,30,35)/t23-,25-,27-/m0/s1. The molecule has 0 radical (unpaired) electrons. The summed E-state index contributed by atoms with van der Waals surface area (Å²) in [6, 6.07) is 16.4. The van der Waals surface area contributed by atoms with Gasteiger partial charge in [-0.1, -0.05) is 24.3 Å². The molecule has 2 saturated heterocycles. The van der Waals surface area contributed by atoms with E-state index in [0.29, 0.717) is 25.9 Å². The van der Waals surface area contributed by atoms with Gasteiger partial charge in [0.15, 0.2) is 0 Å². The van der Waals surface area contributed by atoms with Crippen molar-refractivity contribution in [3.8, 4) is 5.75 Å². The summed E-state index contributed by atoms with van der Waals surface area (Å²) in [4.78, 5) is 32.3. The Balaban J connectivity index is 1.30. The first-order valence-corrected chi connectivity index (χ1v) is 12.8. The highest BCUT2D eigenvalue weighted by Gasteiger charge is 2.44. The zero-order valence-corrected chi connectivity index (χ0v) is 21.9. The van der Waals surface area contributed by atoms with Gasteiger partial charge in [-0.05, 0) is 55.3 Å². The largest absolute Gasteiger partial charge is 0.497 e. The van der Waals surface area contributed by atoms with E-state index < -0.39 is 0 Å². The van der Waals surface area contributed by atoms with E-state index in [0.717, 1.165) is 30.8 Å². The zero-order chi connectivity index (χ0) is 25.7. The zero-order valence-electron chi connectivity index (χ0n) is 21.9. The van der Waals surface area contributed by atoms with E-state index in [1.54, 1.807) is 7.11 Å². The van der Waals surface area contributed by atoms with Crippen molar-refractivity contribution in [2.24, 2.45) is 0 Å². The van der Waals surface area contributed by atoms with Gasteiger partial charge in [-0.25, -0.2) is 0 Å². The molecule has 0 aromatic heterocycles. The SMILES string of the molecule is COc1ccc(CNC(=O)CC[C@H]2CNC(=O)[C@@H]3[C@H](CCN3Cc3ccc(N(C)C)cc3)N2C)cc1. The lowest BCUT2D eigenvalue weighted by atomic mass is 10.0. The molecule has 0 unspecified atom stereocenters. The van der Waals surface area contributed by atoms with Gasteiger partial charge in [0.2, 0.25) is 11.8 Å². The smallest absolute Gasteiger partial charge is 0.239 e. The van der Waals surface area contributed by atoms with E-state index in [2.05, 4.69) is 56.6 Å². The van der Waals surface area contributed by atoms with E-state index in [-0.39, 0.29) is 29.9 Å². The van der Waals surface area contributed by atoms with Gasteiger partial charge in [-0.15, -0.1) is 0 Å². The van der Waals surface area contributed by atoms with Crippen LogP contribution < -0.4 is 20.3 Å². The van der Waals surface area contributed by atoms with E-state index in [1.165, 1.54) is 11.3 Å². The fourth-order valence-electron chi connectivity index (χ4n) is 5.29. The molecule has 0 aliphatic carbocycles. The lowest BCUT2D eigenvalue weighted by Gasteiger charge is -2.33. The number of likely N-dealkylation sites (tertiary alicyclic amines) is 1. The first-order chi connectivity index (χ1) is 17.4. The van der Waals surface area contributed by atoms with Crippen molar-refractivity contribution in [3.05, 3.63) is 59.7 Å². The van der Waals surface area contributed by atoms with Crippen LogP contribution in [-0.2, 0) is 22.7 Å². The number of carbonyl (C=O) groups is 2. The summed E-state index contributed by atoms with van der Waals surface area (Å²) in [6.45, 7) is 2.71. The van der Waals surface area contributed by atoms with Crippen LogP contribution in [0.5, 0.6) is 5.75 Å². The molecule has 3 atom stereocenters. The van der Waals surface area contributed by atoms with E-state index in [9.17, 15) is 9.59 Å². The highest BCUT2D eigenvalue weighted by atomic mass is 16.5. The predicted octanol–water partition coefficient (Wildman–Crippen LogP) is 2.23. The maximum absolute atomic E-state index is 13.1. The van der Waals surface area contributed by atoms with E-state index >= 15 is 0 Å². The highest BCUT2D eigenvalue weighted by Crippen LogP contribution is 2.29. The molecule has 8 heteroatoms. The molecular formula is C28H39N5O3. The average Bonchev–Trinajstić information content (AvgIpc) is 3.26. The highest BCUT2D eigenvalue weighted by molar-refractivity contribution is 5.83. The van der Waals surface area contributed by atoms with Crippen molar-refractivity contribution < 1.29 is 14.3 Å². The van der Waals surface area contributed by atoms with Gasteiger partial charge in [0.05, 0.1) is 7.11 Å². The van der Waals surface area contributed by atoms with Gasteiger partial charge >= 0.3 is 0 Å². The molecule has 8 nitrogen and oxygen atoms in total.